The highest BCUT2D eigenvalue weighted by Crippen LogP contribution is 2.77. The summed E-state index contributed by atoms with van der Waals surface area (Å²) in [5.41, 5.74) is 0.651. The first kappa shape index (κ1) is 23.9. The van der Waals surface area contributed by atoms with Crippen LogP contribution in [0.1, 0.15) is 113 Å². The average molecular weight is 452 g/mol. The highest BCUT2D eigenvalue weighted by molar-refractivity contribution is 5.87. The number of carbonyl (C=O) groups excluding carboxylic acids is 1. The van der Waals surface area contributed by atoms with Crippen LogP contribution in [0, 0.1) is 79.8 Å². The van der Waals surface area contributed by atoms with E-state index >= 15 is 0 Å². The molecule has 0 spiro atoms. The molecule has 0 heterocycles. The van der Waals surface area contributed by atoms with E-state index in [2.05, 4.69) is 61.5 Å². The van der Waals surface area contributed by atoms with Crippen molar-refractivity contribution in [3.05, 3.63) is 0 Å². The molecule has 5 saturated carbocycles. The maximum atomic E-state index is 13.2. The molecular weight excluding hydrogens is 402 g/mol. The smallest absolute Gasteiger partial charge is 0.141 e. The molecule has 5 aliphatic rings. The average Bonchev–Trinajstić information content (AvgIpc) is 3.13. The maximum absolute atomic E-state index is 13.2. The molecule has 0 bridgehead atoms. The van der Waals surface area contributed by atoms with Gasteiger partial charge in [0, 0.05) is 11.3 Å². The van der Waals surface area contributed by atoms with Crippen molar-refractivity contribution in [2.45, 2.75) is 113 Å². The summed E-state index contributed by atoms with van der Waals surface area (Å²) in [5, 5.41) is 10.4. The van der Waals surface area contributed by atoms with Gasteiger partial charge in [-0.15, -0.1) is 0 Å². The highest BCUT2D eigenvalue weighted by atomic mass is 16.1. The SMILES string of the molecule is CC1CC2(C)C(CCC3(C)C2CCC2C4[C@H](C(C)C)CCC4(C#N)CC[C@]23C)C(C)(C)C1=O. The van der Waals surface area contributed by atoms with Crippen molar-refractivity contribution in [3.8, 4) is 6.07 Å². The minimum atomic E-state index is -0.192. The van der Waals surface area contributed by atoms with Crippen molar-refractivity contribution < 1.29 is 4.79 Å². The number of nitriles is 1. The molecule has 8 unspecified atom stereocenters. The Labute approximate surface area is 203 Å². The zero-order valence-electron chi connectivity index (χ0n) is 22.8. The van der Waals surface area contributed by atoms with Gasteiger partial charge < -0.3 is 0 Å². The lowest BCUT2D eigenvalue weighted by Crippen LogP contribution is -2.67. The Hall–Kier alpha value is -0.840. The normalized spacial score (nSPS) is 55.2. The van der Waals surface area contributed by atoms with Gasteiger partial charge in [-0.2, -0.15) is 5.26 Å². The lowest BCUT2D eigenvalue weighted by molar-refractivity contribution is -0.235. The second-order valence-corrected chi connectivity index (χ2v) is 15.1. The molecule has 0 amide bonds. The van der Waals surface area contributed by atoms with E-state index in [0.717, 1.165) is 19.3 Å². The van der Waals surface area contributed by atoms with E-state index < -0.39 is 0 Å². The van der Waals surface area contributed by atoms with Gasteiger partial charge in [0.1, 0.15) is 5.78 Å². The van der Waals surface area contributed by atoms with Crippen LogP contribution in [0.3, 0.4) is 0 Å². The number of fused-ring (bicyclic) bond motifs is 7. The zero-order valence-corrected chi connectivity index (χ0v) is 22.8. The Morgan fingerprint density at radius 1 is 0.879 bits per heavy atom. The Bertz CT molecular complexity index is 882. The first-order chi connectivity index (χ1) is 15.3. The minimum Gasteiger partial charge on any atom is -0.299 e. The fourth-order valence-corrected chi connectivity index (χ4v) is 12.0. The predicted molar refractivity (Wildman–Crippen MR) is 134 cm³/mol. The largest absolute Gasteiger partial charge is 0.299 e. The van der Waals surface area contributed by atoms with Gasteiger partial charge in [0.25, 0.3) is 0 Å². The minimum absolute atomic E-state index is 0.0584. The van der Waals surface area contributed by atoms with E-state index in [1.165, 1.54) is 38.5 Å². The number of ketones is 1. The lowest BCUT2D eigenvalue weighted by atomic mass is 9.32. The van der Waals surface area contributed by atoms with Crippen molar-refractivity contribution in [3.63, 3.8) is 0 Å². The van der Waals surface area contributed by atoms with Crippen LogP contribution in [0.5, 0.6) is 0 Å². The van der Waals surface area contributed by atoms with Gasteiger partial charge in [0.2, 0.25) is 0 Å². The molecular formula is C31H49NO. The molecule has 5 rings (SSSR count). The van der Waals surface area contributed by atoms with Crippen molar-refractivity contribution >= 4 is 5.78 Å². The number of rotatable bonds is 1. The Morgan fingerprint density at radius 3 is 2.21 bits per heavy atom. The maximum Gasteiger partial charge on any atom is 0.141 e. The number of nitrogens with zero attached hydrogens (tertiary/aromatic N) is 1. The van der Waals surface area contributed by atoms with Crippen LogP contribution in [-0.4, -0.2) is 5.78 Å². The molecule has 184 valence electrons. The monoisotopic (exact) mass is 451 g/mol. The third kappa shape index (κ3) is 2.75. The summed E-state index contributed by atoms with van der Waals surface area (Å²) in [7, 11) is 0. The zero-order chi connectivity index (χ0) is 24.2. The predicted octanol–water partition coefficient (Wildman–Crippen LogP) is 8.06. The molecule has 5 fully saturated rings. The molecule has 0 aromatic carbocycles. The van der Waals surface area contributed by atoms with Crippen molar-refractivity contribution in [1.82, 2.24) is 0 Å². The molecule has 2 heteroatoms. The fourth-order valence-electron chi connectivity index (χ4n) is 12.0. The first-order valence-corrected chi connectivity index (χ1v) is 14.2. The van der Waals surface area contributed by atoms with Crippen LogP contribution in [0.25, 0.3) is 0 Å². The Balaban J connectivity index is 1.57. The summed E-state index contributed by atoms with van der Waals surface area (Å²) < 4.78 is 0. The Kier molecular flexibility index (Phi) is 5.14. The Morgan fingerprint density at radius 2 is 1.58 bits per heavy atom. The van der Waals surface area contributed by atoms with Crippen LogP contribution < -0.4 is 0 Å². The van der Waals surface area contributed by atoms with E-state index in [9.17, 15) is 10.1 Å². The summed E-state index contributed by atoms with van der Waals surface area (Å²) in [6.07, 6.45) is 10.9. The first-order valence-electron chi connectivity index (χ1n) is 14.2. The third-order valence-corrected chi connectivity index (χ3v) is 13.5. The van der Waals surface area contributed by atoms with Crippen LogP contribution in [-0.2, 0) is 4.79 Å². The van der Waals surface area contributed by atoms with Crippen molar-refractivity contribution in [2.75, 3.05) is 0 Å². The highest BCUT2D eigenvalue weighted by Gasteiger charge is 2.71. The quantitative estimate of drug-likeness (QED) is 0.404. The molecule has 10 atom stereocenters. The fraction of sp³-hybridized carbons (Fsp3) is 0.935. The van der Waals surface area contributed by atoms with E-state index in [0.29, 0.717) is 52.1 Å². The number of hydrogen-bond donors (Lipinski definition) is 0. The van der Waals surface area contributed by atoms with Gasteiger partial charge >= 0.3 is 0 Å². The van der Waals surface area contributed by atoms with E-state index in [-0.39, 0.29) is 22.2 Å². The van der Waals surface area contributed by atoms with E-state index in [4.69, 9.17) is 0 Å². The van der Waals surface area contributed by atoms with Gasteiger partial charge in [-0.1, -0.05) is 55.4 Å². The molecule has 0 aromatic rings. The van der Waals surface area contributed by atoms with Crippen LogP contribution in [0.4, 0.5) is 0 Å². The number of hydrogen-bond acceptors (Lipinski definition) is 2. The van der Waals surface area contributed by atoms with Crippen LogP contribution in [0.15, 0.2) is 0 Å². The van der Waals surface area contributed by atoms with Gasteiger partial charge in [-0.3, -0.25) is 4.79 Å². The van der Waals surface area contributed by atoms with Gasteiger partial charge in [0.05, 0.1) is 11.5 Å². The lowest BCUT2D eigenvalue weighted by Gasteiger charge is -2.72. The molecule has 0 radical (unpaired) electrons. The molecule has 0 aromatic heterocycles. The van der Waals surface area contributed by atoms with E-state index in [1.807, 2.05) is 0 Å². The standard InChI is InChI=1S/C31H49NO/c1-19(2)21-11-14-31(18-32)16-15-29(7)22(25(21)31)9-10-24-28(6)17-20(3)26(33)27(4,5)23(28)12-13-30(24,29)8/h19-25H,9-17H2,1-8H3/t20?,21-,22?,23?,24?,25?,28?,29+,30?,31?/m0/s1. The number of Topliss-reactive ketones (excluding diaryl/α,β-unsaturated/α-hetero) is 1. The van der Waals surface area contributed by atoms with Gasteiger partial charge in [-0.25, -0.2) is 0 Å². The van der Waals surface area contributed by atoms with Crippen molar-refractivity contribution in [1.29, 1.82) is 5.26 Å². The summed E-state index contributed by atoms with van der Waals surface area (Å²) in [4.78, 5) is 13.2. The van der Waals surface area contributed by atoms with Crippen molar-refractivity contribution in [2.24, 2.45) is 68.5 Å². The summed E-state index contributed by atoms with van der Waals surface area (Å²) in [6.45, 7) is 19.5. The van der Waals surface area contributed by atoms with E-state index in [1.54, 1.807) is 0 Å². The topological polar surface area (TPSA) is 40.9 Å². The van der Waals surface area contributed by atoms with Crippen LogP contribution >= 0.6 is 0 Å². The van der Waals surface area contributed by atoms with Gasteiger partial charge in [0.15, 0.2) is 0 Å². The van der Waals surface area contributed by atoms with Crippen LogP contribution in [0.2, 0.25) is 0 Å². The molecule has 0 aliphatic heterocycles. The molecule has 5 aliphatic carbocycles. The van der Waals surface area contributed by atoms with Gasteiger partial charge in [-0.05, 0) is 110 Å². The molecule has 0 saturated heterocycles. The summed E-state index contributed by atoms with van der Waals surface area (Å²) in [6, 6.07) is 2.94. The molecule has 2 nitrogen and oxygen atoms in total. The summed E-state index contributed by atoms with van der Waals surface area (Å²) >= 11 is 0. The number of carbonyl (C=O) groups is 1. The second-order valence-electron chi connectivity index (χ2n) is 15.1. The second kappa shape index (κ2) is 7.11. The molecule has 33 heavy (non-hydrogen) atoms. The summed E-state index contributed by atoms with van der Waals surface area (Å²) in [5.74, 6) is 4.59. The molecule has 0 N–H and O–H groups in total. The third-order valence-electron chi connectivity index (χ3n) is 13.5.